The minimum Gasteiger partial charge on any atom is -0.496 e. The number of ether oxygens (including phenoxy) is 1. The van der Waals surface area contributed by atoms with Gasteiger partial charge in [-0.2, -0.15) is 0 Å². The van der Waals surface area contributed by atoms with Crippen molar-refractivity contribution in [1.82, 2.24) is 20.3 Å². The fourth-order valence-corrected chi connectivity index (χ4v) is 2.76. The molecule has 6 heteroatoms. The zero-order chi connectivity index (χ0) is 16.2. The molecule has 0 aliphatic rings. The van der Waals surface area contributed by atoms with E-state index in [1.165, 1.54) is 0 Å². The van der Waals surface area contributed by atoms with Crippen LogP contribution in [-0.2, 0) is 11.2 Å². The van der Waals surface area contributed by atoms with E-state index in [2.05, 4.69) is 20.3 Å². The van der Waals surface area contributed by atoms with Gasteiger partial charge in [-0.05, 0) is 29.7 Å². The van der Waals surface area contributed by atoms with Crippen LogP contribution in [0.3, 0.4) is 0 Å². The van der Waals surface area contributed by atoms with Gasteiger partial charge in [0, 0.05) is 31.8 Å². The summed E-state index contributed by atoms with van der Waals surface area (Å²) in [6.45, 7) is 0. The van der Waals surface area contributed by atoms with Gasteiger partial charge in [0.15, 0.2) is 0 Å². The average molecular weight is 310 g/mol. The second-order valence-corrected chi connectivity index (χ2v) is 5.21. The maximum absolute atomic E-state index is 12.3. The van der Waals surface area contributed by atoms with Crippen LogP contribution in [0.25, 0.3) is 11.0 Å². The predicted molar refractivity (Wildman–Crippen MR) is 87.4 cm³/mol. The van der Waals surface area contributed by atoms with Gasteiger partial charge in [-0.1, -0.05) is 6.07 Å². The normalized spacial score (nSPS) is 12.1. The molecule has 3 rings (SSSR count). The lowest BCUT2D eigenvalue weighted by molar-refractivity contribution is -0.122. The topological polar surface area (TPSA) is 79.9 Å². The Hall–Kier alpha value is -2.89. The molecule has 1 atom stereocenters. The number of carbonyl (C=O) groups excluding carboxylic acids is 1. The van der Waals surface area contributed by atoms with Gasteiger partial charge in [-0.25, -0.2) is 4.98 Å². The number of pyridine rings is 2. The van der Waals surface area contributed by atoms with E-state index in [1.807, 2.05) is 24.4 Å². The zero-order valence-corrected chi connectivity index (χ0v) is 13.0. The maximum Gasteiger partial charge on any atom is 0.227 e. The Balaban J connectivity index is 2.02. The van der Waals surface area contributed by atoms with Gasteiger partial charge in [-0.3, -0.25) is 9.78 Å². The molecular weight excluding hydrogens is 292 g/mol. The second-order valence-electron chi connectivity index (χ2n) is 5.21. The Kier molecular flexibility index (Phi) is 4.23. The third-order valence-corrected chi connectivity index (χ3v) is 3.91. The molecule has 0 spiro atoms. The van der Waals surface area contributed by atoms with Gasteiger partial charge in [0.2, 0.25) is 5.91 Å². The van der Waals surface area contributed by atoms with Gasteiger partial charge < -0.3 is 15.0 Å². The van der Waals surface area contributed by atoms with Gasteiger partial charge >= 0.3 is 0 Å². The number of nitrogens with zero attached hydrogens (tertiary/aromatic N) is 2. The molecule has 0 aliphatic carbocycles. The fourth-order valence-electron chi connectivity index (χ4n) is 2.76. The quantitative estimate of drug-likeness (QED) is 0.756. The van der Waals surface area contributed by atoms with Crippen LogP contribution in [0.4, 0.5) is 0 Å². The van der Waals surface area contributed by atoms with E-state index in [0.717, 1.165) is 27.9 Å². The summed E-state index contributed by atoms with van der Waals surface area (Å²) in [7, 11) is 3.27. The summed E-state index contributed by atoms with van der Waals surface area (Å²) < 4.78 is 5.43. The second kappa shape index (κ2) is 6.48. The Bertz CT molecular complexity index is 814. The number of aromatic nitrogens is 3. The number of amides is 1. The molecule has 0 bridgehead atoms. The first-order chi connectivity index (χ1) is 11.2. The molecule has 1 amide bonds. The van der Waals surface area contributed by atoms with Gasteiger partial charge in [0.1, 0.15) is 11.4 Å². The van der Waals surface area contributed by atoms with Crippen LogP contribution in [0.1, 0.15) is 17.0 Å². The SMILES string of the molecule is CNC(=O)C(Cc1c[nH]c2nccc(OC)c12)c1cccnc1. The molecule has 2 N–H and O–H groups in total. The summed E-state index contributed by atoms with van der Waals surface area (Å²) >= 11 is 0. The van der Waals surface area contributed by atoms with Crippen LogP contribution in [0, 0.1) is 0 Å². The molecule has 0 aliphatic heterocycles. The molecule has 23 heavy (non-hydrogen) atoms. The lowest BCUT2D eigenvalue weighted by atomic mass is 9.92. The number of aromatic amines is 1. The van der Waals surface area contributed by atoms with Crippen LogP contribution in [0.2, 0.25) is 0 Å². The van der Waals surface area contributed by atoms with Crippen molar-refractivity contribution in [3.05, 3.63) is 54.1 Å². The zero-order valence-electron chi connectivity index (χ0n) is 13.0. The monoisotopic (exact) mass is 310 g/mol. The molecule has 1 unspecified atom stereocenters. The standard InChI is InChI=1S/C17H18N4O2/c1-18-17(22)13(11-4-3-6-19-9-11)8-12-10-21-16-15(12)14(23-2)5-7-20-16/h3-7,9-10,13H,8H2,1-2H3,(H,18,22)(H,20,21). The van der Waals surface area contributed by atoms with E-state index in [9.17, 15) is 4.79 Å². The van der Waals surface area contributed by atoms with Crippen LogP contribution < -0.4 is 10.1 Å². The van der Waals surface area contributed by atoms with Crippen molar-refractivity contribution in [3.63, 3.8) is 0 Å². The van der Waals surface area contributed by atoms with Crippen LogP contribution in [0.5, 0.6) is 5.75 Å². The van der Waals surface area contributed by atoms with Crippen molar-refractivity contribution in [1.29, 1.82) is 0 Å². The predicted octanol–water partition coefficient (Wildman–Crippen LogP) is 2.04. The first-order valence-corrected chi connectivity index (χ1v) is 7.35. The number of rotatable bonds is 5. The minimum atomic E-state index is -0.322. The molecule has 3 aromatic heterocycles. The van der Waals surface area contributed by atoms with Crippen LogP contribution in [-0.4, -0.2) is 35.0 Å². The number of carbonyl (C=O) groups is 1. The van der Waals surface area contributed by atoms with E-state index in [0.29, 0.717) is 6.42 Å². The van der Waals surface area contributed by atoms with Gasteiger partial charge in [-0.15, -0.1) is 0 Å². The minimum absolute atomic E-state index is 0.0461. The summed E-state index contributed by atoms with van der Waals surface area (Å²) in [5.41, 5.74) is 2.62. The van der Waals surface area contributed by atoms with E-state index in [4.69, 9.17) is 4.74 Å². The molecule has 3 heterocycles. The molecule has 0 fully saturated rings. The van der Waals surface area contributed by atoms with Crippen molar-refractivity contribution in [2.45, 2.75) is 12.3 Å². The van der Waals surface area contributed by atoms with E-state index in [-0.39, 0.29) is 11.8 Å². The van der Waals surface area contributed by atoms with Crippen molar-refractivity contribution < 1.29 is 9.53 Å². The third-order valence-electron chi connectivity index (χ3n) is 3.91. The number of nitrogens with one attached hydrogen (secondary N) is 2. The number of H-pyrrole nitrogens is 1. The largest absolute Gasteiger partial charge is 0.496 e. The molecule has 6 nitrogen and oxygen atoms in total. The Morgan fingerprint density at radius 2 is 2.26 bits per heavy atom. The highest BCUT2D eigenvalue weighted by molar-refractivity contribution is 5.88. The molecule has 0 aromatic carbocycles. The number of hydrogen-bond acceptors (Lipinski definition) is 4. The Morgan fingerprint density at radius 1 is 1.39 bits per heavy atom. The van der Waals surface area contributed by atoms with Crippen LogP contribution in [0.15, 0.2) is 43.0 Å². The lowest BCUT2D eigenvalue weighted by Crippen LogP contribution is -2.27. The fraction of sp³-hybridized carbons (Fsp3) is 0.235. The van der Waals surface area contributed by atoms with Gasteiger partial charge in [0.05, 0.1) is 18.4 Å². The molecule has 0 saturated heterocycles. The summed E-state index contributed by atoms with van der Waals surface area (Å²) in [5, 5.41) is 3.64. The number of methoxy groups -OCH3 is 1. The Morgan fingerprint density at radius 3 is 2.96 bits per heavy atom. The highest BCUT2D eigenvalue weighted by atomic mass is 16.5. The maximum atomic E-state index is 12.3. The number of likely N-dealkylation sites (N-methyl/N-ethyl adjacent to an activating group) is 1. The van der Waals surface area contributed by atoms with E-state index in [1.54, 1.807) is 32.7 Å². The molecule has 0 saturated carbocycles. The molecule has 3 aromatic rings. The molecule has 118 valence electrons. The summed E-state index contributed by atoms with van der Waals surface area (Å²) in [6, 6.07) is 5.57. The first kappa shape index (κ1) is 15.0. The first-order valence-electron chi connectivity index (χ1n) is 7.35. The number of fused-ring (bicyclic) bond motifs is 1. The lowest BCUT2D eigenvalue weighted by Gasteiger charge is -2.15. The average Bonchev–Trinajstić information content (AvgIpc) is 3.03. The molecule has 0 radical (unpaired) electrons. The van der Waals surface area contributed by atoms with Crippen LogP contribution >= 0.6 is 0 Å². The smallest absolute Gasteiger partial charge is 0.227 e. The van der Waals surface area contributed by atoms with Crippen molar-refractivity contribution in [3.8, 4) is 5.75 Å². The molecular formula is C17H18N4O2. The van der Waals surface area contributed by atoms with Crippen molar-refractivity contribution in [2.75, 3.05) is 14.2 Å². The number of hydrogen-bond donors (Lipinski definition) is 2. The van der Waals surface area contributed by atoms with Gasteiger partial charge in [0.25, 0.3) is 0 Å². The van der Waals surface area contributed by atoms with Crippen molar-refractivity contribution >= 4 is 16.9 Å². The third kappa shape index (κ3) is 2.88. The van der Waals surface area contributed by atoms with Crippen molar-refractivity contribution in [2.24, 2.45) is 0 Å². The summed E-state index contributed by atoms with van der Waals surface area (Å²) in [5.74, 6) is 0.376. The highest BCUT2D eigenvalue weighted by Crippen LogP contribution is 2.31. The summed E-state index contributed by atoms with van der Waals surface area (Å²) in [4.78, 5) is 23.9. The highest BCUT2D eigenvalue weighted by Gasteiger charge is 2.23. The van der Waals surface area contributed by atoms with E-state index >= 15 is 0 Å². The van der Waals surface area contributed by atoms with E-state index < -0.39 is 0 Å². The summed E-state index contributed by atoms with van der Waals surface area (Å²) in [6.07, 6.45) is 7.53. The Labute approximate surface area is 133 Å².